The molecule has 0 unspecified atom stereocenters. The van der Waals surface area contributed by atoms with E-state index in [1.165, 1.54) is 13.4 Å². The normalized spacial score (nSPS) is 10.2. The summed E-state index contributed by atoms with van der Waals surface area (Å²) in [5.41, 5.74) is 0. The van der Waals surface area contributed by atoms with E-state index in [0.717, 1.165) is 49.0 Å². The Balaban J connectivity index is 0. The molecule has 0 aromatic carbocycles. The van der Waals surface area contributed by atoms with Gasteiger partial charge in [-0.05, 0) is 0 Å². The molecule has 0 amide bonds. The van der Waals surface area contributed by atoms with E-state index in [9.17, 15) is 0 Å². The van der Waals surface area contributed by atoms with E-state index in [1.54, 1.807) is 0 Å². The van der Waals surface area contributed by atoms with Crippen LogP contribution in [0, 0.1) is 0 Å². The molecule has 0 saturated heterocycles. The van der Waals surface area contributed by atoms with E-state index in [0.29, 0.717) is 0 Å². The van der Waals surface area contributed by atoms with Crippen molar-refractivity contribution in [1.29, 1.82) is 0 Å². The van der Waals surface area contributed by atoms with Crippen LogP contribution in [-0.2, 0) is 4.57 Å². The second kappa shape index (κ2) is 8.84. The molecule has 3 N–H and O–H groups in total. The molecule has 0 aromatic heterocycles. The average molecular weight is 194 g/mol. The van der Waals surface area contributed by atoms with Gasteiger partial charge in [-0.3, -0.25) is 0 Å². The van der Waals surface area contributed by atoms with Crippen LogP contribution >= 0.6 is 7.82 Å². The average Bonchev–Trinajstić information content (AvgIpc) is 1.63. The van der Waals surface area contributed by atoms with Crippen molar-refractivity contribution in [3.8, 4) is 0 Å². The van der Waals surface area contributed by atoms with Gasteiger partial charge in [0.25, 0.3) is 0 Å². The van der Waals surface area contributed by atoms with Crippen LogP contribution in [0.5, 0.6) is 0 Å². The van der Waals surface area contributed by atoms with Gasteiger partial charge in [-0.25, -0.2) is 4.57 Å². The fraction of sp³-hybridized carbons (Fsp3) is 1.00. The van der Waals surface area contributed by atoms with Crippen molar-refractivity contribution < 1.29 is 19.2 Å². The van der Waals surface area contributed by atoms with Crippen LogP contribution in [0.3, 0.4) is 0 Å². The first-order chi connectivity index (χ1) is 4.41. The predicted molar refractivity (Wildman–Crippen MR) is 39.7 cm³/mol. The minimum atomic E-state index is -4.64. The van der Waals surface area contributed by atoms with Crippen LogP contribution in [0.2, 0.25) is 0.515 Å². The van der Waals surface area contributed by atoms with Gasteiger partial charge in [0.2, 0.25) is 0 Å². The molecule has 0 aliphatic rings. The Morgan fingerprint density at radius 3 is 1.70 bits per heavy atom. The summed E-state index contributed by atoms with van der Waals surface area (Å²) in [6.07, 6.45) is 2.86. The summed E-state index contributed by atoms with van der Waals surface area (Å²) in [5.74, 6) is 0. The molecule has 58 valence electrons. The molecule has 6 heteroatoms. The third-order valence-corrected chi connectivity index (χ3v) is 1.81. The Morgan fingerprint density at radius 2 is 1.70 bits per heavy atom. The van der Waals surface area contributed by atoms with Crippen molar-refractivity contribution >= 4 is 56.8 Å². The summed E-state index contributed by atoms with van der Waals surface area (Å²) in [4.78, 5) is 21.6. The quantitative estimate of drug-likeness (QED) is 0.440. The third-order valence-electron chi connectivity index (χ3n) is 0.707. The summed E-state index contributed by atoms with van der Waals surface area (Å²) < 4.78 is 10.4. The Morgan fingerprint density at radius 1 is 1.40 bits per heavy atom. The molecule has 0 spiro atoms. The van der Waals surface area contributed by atoms with Crippen molar-refractivity contribution in [2.75, 3.05) is 0 Å². The minimum absolute atomic E-state index is 1.11. The van der Waals surface area contributed by atoms with Gasteiger partial charge in [-0.15, -0.1) is 0 Å². The molecule has 0 rings (SSSR count). The zero-order chi connectivity index (χ0) is 8.62. The van der Waals surface area contributed by atoms with E-state index in [4.69, 9.17) is 19.2 Å². The smallest absolute Gasteiger partial charge is 0.303 e. The zero-order valence-corrected chi connectivity index (χ0v) is 10.3. The van der Waals surface area contributed by atoms with Gasteiger partial charge in [0.1, 0.15) is 0 Å². The van der Waals surface area contributed by atoms with Gasteiger partial charge in [-0.2, -0.15) is 0 Å². The first-order valence-electron chi connectivity index (χ1n) is 3.20. The van der Waals surface area contributed by atoms with Crippen LogP contribution in [0.1, 0.15) is 19.8 Å². The number of unbranched alkanes of at least 4 members (excludes halogenated alkanes) is 1. The van der Waals surface area contributed by atoms with Crippen LogP contribution in [0.25, 0.3) is 0 Å². The monoisotopic (exact) mass is 194 g/mol. The molecule has 0 aliphatic heterocycles. The van der Waals surface area contributed by atoms with Crippen LogP contribution < -0.4 is 0 Å². The van der Waals surface area contributed by atoms with Crippen LogP contribution in [0.4, 0.5) is 0 Å². The molecule has 0 atom stereocenters. The summed E-state index contributed by atoms with van der Waals surface area (Å²) in [5, 5.41) is 0. The largest absolute Gasteiger partial charge is 0.466 e. The number of hydrogen-bond acceptors (Lipinski definition) is 1. The summed E-state index contributed by atoms with van der Waals surface area (Å²) in [6.45, 7) is 2.24. The standard InChI is InChI=1S/C4H9.K.H3O4P/c1-3-4-2;;1-5(2,3)4/h1,3-4H2,2H3;;(H3,1,2,3,4). The first-order valence-corrected chi connectivity index (χ1v) is 6.97. The van der Waals surface area contributed by atoms with Crippen molar-refractivity contribution in [2.45, 2.75) is 20.3 Å². The zero-order valence-electron chi connectivity index (χ0n) is 6.32. The maximum absolute atomic E-state index is 8.88. The molecule has 0 aromatic rings. The van der Waals surface area contributed by atoms with Crippen molar-refractivity contribution in [3.63, 3.8) is 0 Å². The summed E-state index contributed by atoms with van der Waals surface area (Å²) >= 11 is 1.11. The van der Waals surface area contributed by atoms with Crippen LogP contribution in [0.15, 0.2) is 0 Å². The minimum Gasteiger partial charge on any atom is -0.303 e. The molecule has 0 saturated carbocycles. The molecule has 0 bridgehead atoms. The topological polar surface area (TPSA) is 77.8 Å². The van der Waals surface area contributed by atoms with E-state index >= 15 is 0 Å². The van der Waals surface area contributed by atoms with E-state index < -0.39 is 7.82 Å². The Labute approximate surface area is 94.9 Å². The number of rotatable bonds is 2. The molecule has 0 fully saturated rings. The maximum atomic E-state index is 8.88. The Kier molecular flexibility index (Phi) is 12.6. The Hall–Kier alpha value is 1.75. The maximum Gasteiger partial charge on any atom is 0.466 e. The number of phosphoric acid groups is 1. The summed E-state index contributed by atoms with van der Waals surface area (Å²) in [6, 6.07) is 0. The van der Waals surface area contributed by atoms with Gasteiger partial charge >= 0.3 is 77.1 Å². The second-order valence-electron chi connectivity index (χ2n) is 1.87. The molecule has 0 aliphatic carbocycles. The van der Waals surface area contributed by atoms with E-state index in [-0.39, 0.29) is 0 Å². The van der Waals surface area contributed by atoms with Gasteiger partial charge in [-0.1, -0.05) is 0 Å². The van der Waals surface area contributed by atoms with E-state index in [2.05, 4.69) is 6.92 Å². The van der Waals surface area contributed by atoms with Gasteiger partial charge in [0.15, 0.2) is 0 Å². The third kappa shape index (κ3) is 53.1. The fourth-order valence-corrected chi connectivity index (χ4v) is 1.46. The van der Waals surface area contributed by atoms with Crippen molar-refractivity contribution in [3.05, 3.63) is 0 Å². The van der Waals surface area contributed by atoms with Crippen LogP contribution in [-0.4, -0.2) is 63.6 Å². The molecule has 10 heavy (non-hydrogen) atoms. The molecule has 0 radical (unpaired) electrons. The SMILES string of the molecule is CCC[CH2][K].O=P(O)(O)O. The molecule has 4 nitrogen and oxygen atoms in total. The Bertz CT molecular complexity index is 91.2. The molecular formula is C4H12KO4P. The van der Waals surface area contributed by atoms with Gasteiger partial charge in [0, 0.05) is 0 Å². The van der Waals surface area contributed by atoms with Gasteiger partial charge in [0.05, 0.1) is 0 Å². The van der Waals surface area contributed by atoms with Gasteiger partial charge < -0.3 is 14.7 Å². The van der Waals surface area contributed by atoms with Crippen molar-refractivity contribution in [2.24, 2.45) is 0 Å². The first kappa shape index (κ1) is 14.3. The second-order valence-corrected chi connectivity index (χ2v) is 4.45. The molecule has 0 heterocycles. The van der Waals surface area contributed by atoms with Crippen molar-refractivity contribution in [1.82, 2.24) is 0 Å². The fourth-order valence-electron chi connectivity index (χ4n) is 0.354. The van der Waals surface area contributed by atoms with E-state index in [1.807, 2.05) is 0 Å². The molecular weight excluding hydrogens is 182 g/mol. The number of hydrogen-bond donors (Lipinski definition) is 3. The summed E-state index contributed by atoms with van der Waals surface area (Å²) in [7, 11) is -4.64. The predicted octanol–water partition coefficient (Wildman–Crippen LogP) is 0.445.